The van der Waals surface area contributed by atoms with E-state index in [2.05, 4.69) is 5.10 Å². The minimum absolute atomic E-state index is 0.0668. The number of halogens is 1. The van der Waals surface area contributed by atoms with Crippen LogP contribution in [-0.2, 0) is 16.1 Å². The smallest absolute Gasteiger partial charge is 0.409 e. The lowest BCUT2D eigenvalue weighted by atomic mass is 10.3. The van der Waals surface area contributed by atoms with Gasteiger partial charge in [-0.3, -0.25) is 9.48 Å². The third kappa shape index (κ3) is 4.16. The first kappa shape index (κ1) is 17.6. The molecule has 1 aromatic heterocycles. The lowest BCUT2D eigenvalue weighted by molar-refractivity contribution is -0.133. The van der Waals surface area contributed by atoms with Crippen LogP contribution in [0, 0.1) is 13.8 Å². The zero-order valence-electron chi connectivity index (χ0n) is 13.8. The second-order valence-corrected chi connectivity index (χ2v) is 5.90. The molecule has 0 radical (unpaired) electrons. The monoisotopic (exact) mass is 342 g/mol. The first-order valence-corrected chi connectivity index (χ1v) is 8.20. The Labute approximate surface area is 141 Å². The molecule has 2 amide bonds. The van der Waals surface area contributed by atoms with Crippen molar-refractivity contribution >= 4 is 23.6 Å². The van der Waals surface area contributed by atoms with Crippen LogP contribution in [0.2, 0.25) is 5.02 Å². The lowest BCUT2D eigenvalue weighted by Crippen LogP contribution is -2.50. The second-order valence-electron chi connectivity index (χ2n) is 5.52. The minimum Gasteiger partial charge on any atom is -0.450 e. The average molecular weight is 343 g/mol. The third-order valence-corrected chi connectivity index (χ3v) is 4.54. The van der Waals surface area contributed by atoms with E-state index in [4.69, 9.17) is 16.3 Å². The number of hydrogen-bond donors (Lipinski definition) is 0. The standard InChI is InChI=1S/C15H23ClN4O3/c1-4-23-15(22)19-9-7-18(8-10-19)13(21)5-6-20-12(3)14(16)11(2)17-20/h4-10H2,1-3H3. The molecule has 1 fully saturated rings. The SMILES string of the molecule is CCOC(=O)N1CCN(C(=O)CCn2nc(C)c(Cl)c2C)CC1. The molecule has 7 nitrogen and oxygen atoms in total. The van der Waals surface area contributed by atoms with Crippen molar-refractivity contribution in [3.05, 3.63) is 16.4 Å². The van der Waals surface area contributed by atoms with Crippen molar-refractivity contribution in [3.8, 4) is 0 Å². The maximum atomic E-state index is 12.3. The summed E-state index contributed by atoms with van der Waals surface area (Å²) in [6.07, 6.45) is 0.0643. The van der Waals surface area contributed by atoms with E-state index in [1.807, 2.05) is 13.8 Å². The highest BCUT2D eigenvalue weighted by Crippen LogP contribution is 2.19. The highest BCUT2D eigenvalue weighted by molar-refractivity contribution is 6.31. The fraction of sp³-hybridized carbons (Fsp3) is 0.667. The van der Waals surface area contributed by atoms with Crippen molar-refractivity contribution in [2.24, 2.45) is 0 Å². The summed E-state index contributed by atoms with van der Waals surface area (Å²) in [5.41, 5.74) is 1.66. The Morgan fingerprint density at radius 3 is 2.30 bits per heavy atom. The van der Waals surface area contributed by atoms with Crippen LogP contribution in [-0.4, -0.2) is 64.4 Å². The molecule has 128 valence electrons. The fourth-order valence-corrected chi connectivity index (χ4v) is 2.74. The second kappa shape index (κ2) is 7.68. The molecule has 0 saturated carbocycles. The van der Waals surface area contributed by atoms with Crippen LogP contribution in [0.4, 0.5) is 4.79 Å². The number of ether oxygens (including phenoxy) is 1. The molecule has 0 atom stereocenters. The van der Waals surface area contributed by atoms with E-state index >= 15 is 0 Å². The third-order valence-electron chi connectivity index (χ3n) is 3.99. The summed E-state index contributed by atoms with van der Waals surface area (Å²) in [7, 11) is 0. The van der Waals surface area contributed by atoms with Crippen LogP contribution in [0.15, 0.2) is 0 Å². The van der Waals surface area contributed by atoms with Crippen LogP contribution >= 0.6 is 11.6 Å². The summed E-state index contributed by atoms with van der Waals surface area (Å²) in [5.74, 6) is 0.0668. The van der Waals surface area contributed by atoms with Crippen molar-refractivity contribution in [1.29, 1.82) is 0 Å². The van der Waals surface area contributed by atoms with Crippen molar-refractivity contribution in [2.75, 3.05) is 32.8 Å². The van der Waals surface area contributed by atoms with Gasteiger partial charge in [0.15, 0.2) is 0 Å². The first-order valence-electron chi connectivity index (χ1n) is 7.83. The lowest BCUT2D eigenvalue weighted by Gasteiger charge is -2.34. The van der Waals surface area contributed by atoms with E-state index in [0.29, 0.717) is 50.8 Å². The Kier molecular flexibility index (Phi) is 5.87. The van der Waals surface area contributed by atoms with Gasteiger partial charge in [-0.15, -0.1) is 0 Å². The highest BCUT2D eigenvalue weighted by Gasteiger charge is 2.24. The molecule has 0 aromatic carbocycles. The summed E-state index contributed by atoms with van der Waals surface area (Å²) in [5, 5.41) is 4.98. The Balaban J connectivity index is 1.81. The highest BCUT2D eigenvalue weighted by atomic mass is 35.5. The van der Waals surface area contributed by atoms with E-state index in [0.717, 1.165) is 11.4 Å². The molecule has 2 rings (SSSR count). The zero-order chi connectivity index (χ0) is 17.0. The Hall–Kier alpha value is -1.76. The van der Waals surface area contributed by atoms with E-state index in [1.54, 1.807) is 21.4 Å². The van der Waals surface area contributed by atoms with Crippen LogP contribution in [0.1, 0.15) is 24.7 Å². The molecule has 0 spiro atoms. The van der Waals surface area contributed by atoms with Crippen molar-refractivity contribution < 1.29 is 14.3 Å². The van der Waals surface area contributed by atoms with Gasteiger partial charge in [0.1, 0.15) is 0 Å². The van der Waals surface area contributed by atoms with E-state index in [9.17, 15) is 9.59 Å². The minimum atomic E-state index is -0.308. The molecular weight excluding hydrogens is 320 g/mol. The molecule has 8 heteroatoms. The molecule has 0 unspecified atom stereocenters. The van der Waals surface area contributed by atoms with Gasteiger partial charge in [-0.05, 0) is 20.8 Å². The molecule has 2 heterocycles. The molecular formula is C15H23ClN4O3. The quantitative estimate of drug-likeness (QED) is 0.837. The Bertz CT molecular complexity index is 580. The van der Waals surface area contributed by atoms with Gasteiger partial charge in [0.25, 0.3) is 0 Å². The maximum Gasteiger partial charge on any atom is 0.409 e. The topological polar surface area (TPSA) is 67.7 Å². The van der Waals surface area contributed by atoms with Gasteiger partial charge in [-0.25, -0.2) is 4.79 Å². The van der Waals surface area contributed by atoms with Crippen molar-refractivity contribution in [2.45, 2.75) is 33.7 Å². The van der Waals surface area contributed by atoms with Gasteiger partial charge in [0.05, 0.1) is 29.6 Å². The van der Waals surface area contributed by atoms with Crippen molar-refractivity contribution in [3.63, 3.8) is 0 Å². The predicted molar refractivity (Wildman–Crippen MR) is 86.5 cm³/mol. The fourth-order valence-electron chi connectivity index (χ4n) is 2.61. The summed E-state index contributed by atoms with van der Waals surface area (Å²) >= 11 is 6.11. The van der Waals surface area contributed by atoms with Crippen LogP contribution in [0.3, 0.4) is 0 Å². The average Bonchev–Trinajstić information content (AvgIpc) is 2.80. The van der Waals surface area contributed by atoms with Crippen LogP contribution in [0.5, 0.6) is 0 Å². The number of nitrogens with zero attached hydrogens (tertiary/aromatic N) is 4. The summed E-state index contributed by atoms with van der Waals surface area (Å²) in [4.78, 5) is 27.3. The number of piperazine rings is 1. The number of carbonyl (C=O) groups is 2. The van der Waals surface area contributed by atoms with E-state index in [-0.39, 0.29) is 12.0 Å². The molecule has 1 aromatic rings. The van der Waals surface area contributed by atoms with Crippen LogP contribution in [0.25, 0.3) is 0 Å². The normalized spacial score (nSPS) is 15.0. The summed E-state index contributed by atoms with van der Waals surface area (Å²) < 4.78 is 6.74. The zero-order valence-corrected chi connectivity index (χ0v) is 14.6. The maximum absolute atomic E-state index is 12.3. The number of aromatic nitrogens is 2. The summed E-state index contributed by atoms with van der Waals surface area (Å²) in [6, 6.07) is 0. The van der Waals surface area contributed by atoms with Gasteiger partial charge >= 0.3 is 6.09 Å². The molecule has 0 N–H and O–H groups in total. The van der Waals surface area contributed by atoms with Crippen molar-refractivity contribution in [1.82, 2.24) is 19.6 Å². The van der Waals surface area contributed by atoms with Gasteiger partial charge in [-0.2, -0.15) is 5.10 Å². The molecule has 1 saturated heterocycles. The Morgan fingerprint density at radius 1 is 1.17 bits per heavy atom. The molecule has 23 heavy (non-hydrogen) atoms. The van der Waals surface area contributed by atoms with Gasteiger partial charge in [0, 0.05) is 32.6 Å². The number of hydrogen-bond acceptors (Lipinski definition) is 4. The molecule has 0 bridgehead atoms. The number of carbonyl (C=O) groups excluding carboxylic acids is 2. The van der Waals surface area contributed by atoms with Gasteiger partial charge in [-0.1, -0.05) is 11.6 Å². The largest absolute Gasteiger partial charge is 0.450 e. The molecule has 1 aliphatic heterocycles. The number of amides is 2. The number of rotatable bonds is 4. The van der Waals surface area contributed by atoms with Gasteiger partial charge < -0.3 is 14.5 Å². The summed E-state index contributed by atoms with van der Waals surface area (Å²) in [6.45, 7) is 8.49. The molecule has 0 aliphatic carbocycles. The van der Waals surface area contributed by atoms with E-state index < -0.39 is 0 Å². The Morgan fingerprint density at radius 2 is 1.78 bits per heavy atom. The number of aryl methyl sites for hydroxylation is 2. The van der Waals surface area contributed by atoms with Gasteiger partial charge in [0.2, 0.25) is 5.91 Å². The predicted octanol–water partition coefficient (Wildman–Crippen LogP) is 1.84. The van der Waals surface area contributed by atoms with Crippen LogP contribution < -0.4 is 0 Å². The first-order chi connectivity index (χ1) is 10.9. The molecule has 1 aliphatic rings. The van der Waals surface area contributed by atoms with E-state index in [1.165, 1.54) is 0 Å².